The molecule has 0 aliphatic carbocycles. The standard InChI is InChI=1S/C20H24N2O3S.ClH/c1-14-4-6-17(26-14)13-22(20(23)11-15-3-2-8-21-15)16-5-7-18-19(12-16)25-10-9-24-18;/h4-7,12,15,21H,2-3,8-11,13H2,1H3;1H. The Morgan fingerprint density at radius 1 is 1.22 bits per heavy atom. The van der Waals surface area contributed by atoms with E-state index >= 15 is 0 Å². The molecule has 1 atom stereocenters. The van der Waals surface area contributed by atoms with Crippen LogP contribution in [0.15, 0.2) is 30.3 Å². The van der Waals surface area contributed by atoms with Crippen molar-refractivity contribution in [2.45, 2.75) is 38.8 Å². The van der Waals surface area contributed by atoms with Gasteiger partial charge >= 0.3 is 0 Å². The molecule has 1 aromatic carbocycles. The highest BCUT2D eigenvalue weighted by atomic mass is 35.5. The minimum atomic E-state index is 0. The molecule has 5 nitrogen and oxygen atoms in total. The molecule has 0 spiro atoms. The number of anilines is 1. The second-order valence-electron chi connectivity index (χ2n) is 6.82. The number of carbonyl (C=O) groups excluding carboxylic acids is 1. The maximum atomic E-state index is 13.1. The van der Waals surface area contributed by atoms with Gasteiger partial charge in [0, 0.05) is 34.0 Å². The first-order valence-corrected chi connectivity index (χ1v) is 9.99. The number of amides is 1. The molecule has 4 rings (SSSR count). The molecule has 146 valence electrons. The molecule has 7 heteroatoms. The van der Waals surface area contributed by atoms with Crippen molar-refractivity contribution in [3.8, 4) is 11.5 Å². The summed E-state index contributed by atoms with van der Waals surface area (Å²) >= 11 is 1.73. The van der Waals surface area contributed by atoms with Crippen molar-refractivity contribution in [2.75, 3.05) is 24.7 Å². The number of aryl methyl sites for hydroxylation is 1. The average Bonchev–Trinajstić information content (AvgIpc) is 3.31. The third kappa shape index (κ3) is 4.75. The zero-order chi connectivity index (χ0) is 17.9. The lowest BCUT2D eigenvalue weighted by Gasteiger charge is -2.26. The summed E-state index contributed by atoms with van der Waals surface area (Å²) in [6, 6.07) is 10.3. The second kappa shape index (κ2) is 8.95. The van der Waals surface area contributed by atoms with Gasteiger partial charge in [-0.3, -0.25) is 4.79 Å². The van der Waals surface area contributed by atoms with Gasteiger partial charge in [-0.05, 0) is 50.6 Å². The van der Waals surface area contributed by atoms with Gasteiger partial charge in [0.05, 0.1) is 6.54 Å². The van der Waals surface area contributed by atoms with Crippen LogP contribution < -0.4 is 19.7 Å². The third-order valence-electron chi connectivity index (χ3n) is 4.83. The maximum Gasteiger partial charge on any atom is 0.228 e. The number of carbonyl (C=O) groups is 1. The Morgan fingerprint density at radius 3 is 2.74 bits per heavy atom. The zero-order valence-corrected chi connectivity index (χ0v) is 17.0. The molecule has 2 aromatic rings. The number of fused-ring (bicyclic) bond motifs is 1. The summed E-state index contributed by atoms with van der Waals surface area (Å²) in [5, 5.41) is 3.42. The van der Waals surface area contributed by atoms with Gasteiger partial charge in [0.2, 0.25) is 5.91 Å². The summed E-state index contributed by atoms with van der Waals surface area (Å²) in [6.07, 6.45) is 2.74. The van der Waals surface area contributed by atoms with E-state index < -0.39 is 0 Å². The van der Waals surface area contributed by atoms with Crippen LogP contribution in [0.25, 0.3) is 0 Å². The monoisotopic (exact) mass is 408 g/mol. The van der Waals surface area contributed by atoms with Crippen LogP contribution in [-0.4, -0.2) is 31.7 Å². The van der Waals surface area contributed by atoms with Crippen LogP contribution in [0.5, 0.6) is 11.5 Å². The molecular weight excluding hydrogens is 384 g/mol. The molecule has 0 radical (unpaired) electrons. The molecular formula is C20H25ClN2O3S. The number of halogens is 1. The number of thiophene rings is 1. The molecule has 1 unspecified atom stereocenters. The zero-order valence-electron chi connectivity index (χ0n) is 15.4. The van der Waals surface area contributed by atoms with Crippen LogP contribution in [0.1, 0.15) is 29.0 Å². The van der Waals surface area contributed by atoms with Crippen molar-refractivity contribution in [3.63, 3.8) is 0 Å². The van der Waals surface area contributed by atoms with E-state index in [1.165, 1.54) is 9.75 Å². The quantitative estimate of drug-likeness (QED) is 0.814. The van der Waals surface area contributed by atoms with Crippen LogP contribution in [-0.2, 0) is 11.3 Å². The molecule has 27 heavy (non-hydrogen) atoms. The van der Waals surface area contributed by atoms with E-state index in [4.69, 9.17) is 9.47 Å². The third-order valence-corrected chi connectivity index (χ3v) is 5.82. The summed E-state index contributed by atoms with van der Waals surface area (Å²) in [5.41, 5.74) is 0.864. The van der Waals surface area contributed by atoms with Crippen LogP contribution in [0.3, 0.4) is 0 Å². The Labute approximate surface area is 170 Å². The van der Waals surface area contributed by atoms with Crippen molar-refractivity contribution in [1.29, 1.82) is 0 Å². The Hall–Kier alpha value is -1.76. The summed E-state index contributed by atoms with van der Waals surface area (Å²) in [7, 11) is 0. The van der Waals surface area contributed by atoms with Gasteiger partial charge in [-0.25, -0.2) is 0 Å². The number of hydrogen-bond donors (Lipinski definition) is 1. The summed E-state index contributed by atoms with van der Waals surface area (Å²) in [6.45, 7) is 4.79. The molecule has 1 fully saturated rings. The second-order valence-corrected chi connectivity index (χ2v) is 8.19. The molecule has 1 amide bonds. The Bertz CT molecular complexity index is 789. The first-order chi connectivity index (χ1) is 12.7. The van der Waals surface area contributed by atoms with Gasteiger partial charge in [-0.1, -0.05) is 0 Å². The predicted molar refractivity (Wildman–Crippen MR) is 111 cm³/mol. The molecule has 2 aliphatic heterocycles. The lowest BCUT2D eigenvalue weighted by molar-refractivity contribution is -0.119. The number of rotatable bonds is 5. The van der Waals surface area contributed by atoms with E-state index in [0.29, 0.717) is 31.9 Å². The lowest BCUT2D eigenvalue weighted by atomic mass is 10.1. The van der Waals surface area contributed by atoms with Crippen LogP contribution in [0, 0.1) is 6.92 Å². The highest BCUT2D eigenvalue weighted by Gasteiger charge is 2.24. The van der Waals surface area contributed by atoms with E-state index in [-0.39, 0.29) is 24.4 Å². The SMILES string of the molecule is Cc1ccc(CN(C(=O)CC2CCCN2)c2ccc3c(c2)OCCO3)s1.Cl. The number of nitrogens with zero attached hydrogens (tertiary/aromatic N) is 1. The average molecular weight is 409 g/mol. The minimum absolute atomic E-state index is 0. The van der Waals surface area contributed by atoms with Crippen LogP contribution in [0.4, 0.5) is 5.69 Å². The number of benzene rings is 1. The molecule has 2 aliphatic rings. The van der Waals surface area contributed by atoms with Crippen LogP contribution >= 0.6 is 23.7 Å². The van der Waals surface area contributed by atoms with E-state index in [2.05, 4.69) is 24.4 Å². The summed E-state index contributed by atoms with van der Waals surface area (Å²) < 4.78 is 11.3. The van der Waals surface area contributed by atoms with Crippen molar-refractivity contribution in [3.05, 3.63) is 40.1 Å². The maximum absolute atomic E-state index is 13.1. The van der Waals surface area contributed by atoms with E-state index in [1.807, 2.05) is 23.1 Å². The number of ether oxygens (including phenoxy) is 2. The highest BCUT2D eigenvalue weighted by molar-refractivity contribution is 7.11. The number of nitrogens with one attached hydrogen (secondary N) is 1. The molecule has 1 aromatic heterocycles. The number of hydrogen-bond acceptors (Lipinski definition) is 5. The van der Waals surface area contributed by atoms with Gasteiger partial charge < -0.3 is 19.7 Å². The predicted octanol–water partition coefficient (Wildman–Crippen LogP) is 3.92. The first kappa shape index (κ1) is 20.0. The van der Waals surface area contributed by atoms with Gasteiger partial charge in [0.25, 0.3) is 0 Å². The Morgan fingerprint density at radius 2 is 2.04 bits per heavy atom. The van der Waals surface area contributed by atoms with E-state index in [1.54, 1.807) is 11.3 Å². The normalized spacial score (nSPS) is 18.0. The van der Waals surface area contributed by atoms with Crippen molar-refractivity contribution in [1.82, 2.24) is 5.32 Å². The summed E-state index contributed by atoms with van der Waals surface area (Å²) in [5.74, 6) is 1.61. The Balaban J connectivity index is 0.00000210. The lowest BCUT2D eigenvalue weighted by Crippen LogP contribution is -2.35. The fourth-order valence-electron chi connectivity index (χ4n) is 3.50. The smallest absolute Gasteiger partial charge is 0.228 e. The molecule has 3 heterocycles. The van der Waals surface area contributed by atoms with Gasteiger partial charge in [-0.15, -0.1) is 23.7 Å². The molecule has 0 saturated carbocycles. The topological polar surface area (TPSA) is 50.8 Å². The Kier molecular flexibility index (Phi) is 6.63. The highest BCUT2D eigenvalue weighted by Crippen LogP contribution is 2.35. The molecule has 0 bridgehead atoms. The van der Waals surface area contributed by atoms with Gasteiger partial charge in [0.1, 0.15) is 13.2 Å². The largest absolute Gasteiger partial charge is 0.486 e. The fraction of sp³-hybridized carbons (Fsp3) is 0.450. The summed E-state index contributed by atoms with van der Waals surface area (Å²) in [4.78, 5) is 17.4. The fourth-order valence-corrected chi connectivity index (χ4v) is 4.38. The van der Waals surface area contributed by atoms with Crippen LogP contribution in [0.2, 0.25) is 0 Å². The molecule has 1 N–H and O–H groups in total. The van der Waals surface area contributed by atoms with Crippen molar-refractivity contribution >= 4 is 35.3 Å². The van der Waals surface area contributed by atoms with Gasteiger partial charge in [0.15, 0.2) is 11.5 Å². The van der Waals surface area contributed by atoms with Crippen molar-refractivity contribution in [2.24, 2.45) is 0 Å². The minimum Gasteiger partial charge on any atom is -0.486 e. The van der Waals surface area contributed by atoms with Gasteiger partial charge in [-0.2, -0.15) is 0 Å². The van der Waals surface area contributed by atoms with Crippen molar-refractivity contribution < 1.29 is 14.3 Å². The first-order valence-electron chi connectivity index (χ1n) is 9.18. The van der Waals surface area contributed by atoms with E-state index in [9.17, 15) is 4.79 Å². The molecule has 1 saturated heterocycles. The van der Waals surface area contributed by atoms with E-state index in [0.717, 1.165) is 30.8 Å².